The maximum atomic E-state index is 9.55. The Bertz CT molecular complexity index is 254. The number of aliphatic hydroxyl groups excluding tert-OH is 1. The van der Waals surface area contributed by atoms with Crippen LogP contribution in [0.4, 0.5) is 0 Å². The number of carbonyl (C=O) groups is 2. The van der Waals surface area contributed by atoms with Gasteiger partial charge in [-0.1, -0.05) is 64.7 Å². The van der Waals surface area contributed by atoms with E-state index in [1.165, 1.54) is 57.8 Å². The predicted molar refractivity (Wildman–Crippen MR) is 90.5 cm³/mol. The van der Waals surface area contributed by atoms with Crippen molar-refractivity contribution in [3.63, 3.8) is 0 Å². The molecule has 0 saturated carbocycles. The van der Waals surface area contributed by atoms with Crippen LogP contribution in [-0.2, 0) is 9.59 Å². The van der Waals surface area contributed by atoms with Gasteiger partial charge in [-0.25, -0.2) is 9.59 Å². The number of hydrogen-bond donors (Lipinski definition) is 3. The third-order valence-electron chi connectivity index (χ3n) is 2.88. The molecule has 0 aromatic rings. The van der Waals surface area contributed by atoms with E-state index in [4.69, 9.17) is 15.3 Å². The fourth-order valence-corrected chi connectivity index (χ4v) is 1.74. The Morgan fingerprint density at radius 2 is 1.05 bits per heavy atom. The van der Waals surface area contributed by atoms with Gasteiger partial charge in [0, 0.05) is 18.8 Å². The van der Waals surface area contributed by atoms with Crippen molar-refractivity contribution in [1.82, 2.24) is 0 Å². The number of aliphatic carboxylic acids is 2. The molecule has 0 saturated heterocycles. The molecular formula is C16H31NaO5. The average molecular weight is 326 g/mol. The first-order valence-electron chi connectivity index (χ1n) is 7.79. The topological polar surface area (TPSA) is 94.8 Å². The van der Waals surface area contributed by atoms with Crippen LogP contribution >= 0.6 is 0 Å². The molecule has 0 atom stereocenters. The second kappa shape index (κ2) is 22.9. The van der Waals surface area contributed by atoms with Crippen molar-refractivity contribution >= 4 is 41.5 Å². The van der Waals surface area contributed by atoms with Gasteiger partial charge in [0.25, 0.3) is 0 Å². The van der Waals surface area contributed by atoms with Gasteiger partial charge in [0.05, 0.1) is 0 Å². The molecule has 0 rings (SSSR count). The van der Waals surface area contributed by atoms with Gasteiger partial charge < -0.3 is 15.3 Å². The summed E-state index contributed by atoms with van der Waals surface area (Å²) in [5.74, 6) is -2.51. The third kappa shape index (κ3) is 31.8. The molecule has 0 aromatic heterocycles. The van der Waals surface area contributed by atoms with Crippen LogP contribution in [0.5, 0.6) is 0 Å². The van der Waals surface area contributed by atoms with Crippen molar-refractivity contribution in [3.8, 4) is 0 Å². The van der Waals surface area contributed by atoms with E-state index in [1.54, 1.807) is 0 Å². The van der Waals surface area contributed by atoms with E-state index >= 15 is 0 Å². The Kier molecular flexibility index (Phi) is 27.6. The molecule has 0 aliphatic heterocycles. The van der Waals surface area contributed by atoms with Crippen molar-refractivity contribution in [3.05, 3.63) is 12.2 Å². The minimum atomic E-state index is -1.26. The average Bonchev–Trinajstić information content (AvgIpc) is 2.44. The van der Waals surface area contributed by atoms with E-state index in [9.17, 15) is 9.59 Å². The van der Waals surface area contributed by atoms with E-state index in [2.05, 4.69) is 6.92 Å². The van der Waals surface area contributed by atoms with E-state index in [1.807, 2.05) is 0 Å². The molecule has 0 aromatic carbocycles. The quantitative estimate of drug-likeness (QED) is 0.291. The minimum absolute atomic E-state index is 0. The van der Waals surface area contributed by atoms with Crippen LogP contribution in [0.1, 0.15) is 71.1 Å². The molecule has 0 aliphatic rings. The summed E-state index contributed by atoms with van der Waals surface area (Å²) < 4.78 is 0. The first-order valence-corrected chi connectivity index (χ1v) is 7.79. The Balaban J connectivity index is -0.000000348. The summed E-state index contributed by atoms with van der Waals surface area (Å²) >= 11 is 0. The molecule has 5 nitrogen and oxygen atoms in total. The van der Waals surface area contributed by atoms with Crippen LogP contribution in [0.15, 0.2) is 12.2 Å². The van der Waals surface area contributed by atoms with Gasteiger partial charge in [-0.05, 0) is 6.42 Å². The molecule has 6 heteroatoms. The summed E-state index contributed by atoms with van der Waals surface area (Å²) in [5, 5.41) is 24.2. The Morgan fingerprint density at radius 1 is 0.727 bits per heavy atom. The van der Waals surface area contributed by atoms with Crippen LogP contribution in [0.25, 0.3) is 0 Å². The van der Waals surface area contributed by atoms with Crippen LogP contribution in [0.2, 0.25) is 0 Å². The molecule has 0 heterocycles. The molecule has 0 aliphatic carbocycles. The summed E-state index contributed by atoms with van der Waals surface area (Å²) in [6.45, 7) is 2.63. The Labute approximate surface area is 156 Å². The molecule has 0 spiro atoms. The first kappa shape index (κ1) is 26.5. The van der Waals surface area contributed by atoms with Crippen LogP contribution in [-0.4, -0.2) is 63.4 Å². The molecular weight excluding hydrogens is 295 g/mol. The van der Waals surface area contributed by atoms with E-state index in [0.717, 1.165) is 6.42 Å². The van der Waals surface area contributed by atoms with Crippen LogP contribution in [0.3, 0.4) is 0 Å². The third-order valence-corrected chi connectivity index (χ3v) is 2.88. The van der Waals surface area contributed by atoms with Gasteiger partial charge >= 0.3 is 41.5 Å². The SMILES string of the molecule is CCCCCCCCCCCCO.O=C(O)/C=C\C(=O)O.[NaH]. The molecule has 0 fully saturated rings. The summed E-state index contributed by atoms with van der Waals surface area (Å²) in [6.07, 6.45) is 14.4. The second-order valence-corrected chi connectivity index (χ2v) is 4.92. The number of carboxylic acids is 2. The van der Waals surface area contributed by atoms with Gasteiger partial charge in [0.2, 0.25) is 0 Å². The number of hydrogen-bond acceptors (Lipinski definition) is 3. The summed E-state index contributed by atoms with van der Waals surface area (Å²) in [5.41, 5.74) is 0. The molecule has 3 N–H and O–H groups in total. The van der Waals surface area contributed by atoms with Crippen molar-refractivity contribution in [2.75, 3.05) is 6.61 Å². The monoisotopic (exact) mass is 326 g/mol. The standard InChI is InChI=1S/C12H26O.C4H4O4.Na.H/c1-2-3-4-5-6-7-8-9-10-11-12-13;5-3(6)1-2-4(7)8;;/h13H,2-12H2,1H3;1-2H,(H,5,6)(H,7,8);;/b;2-1-;;. The van der Waals surface area contributed by atoms with E-state index in [0.29, 0.717) is 18.8 Å². The number of carboxylic acid groups (broad SMARTS) is 2. The number of unbranched alkanes of at least 4 members (excludes halogenated alkanes) is 9. The summed E-state index contributed by atoms with van der Waals surface area (Å²) in [4.78, 5) is 19.1. The first-order chi connectivity index (χ1) is 10.0. The van der Waals surface area contributed by atoms with Crippen LogP contribution < -0.4 is 0 Å². The molecule has 0 amide bonds. The van der Waals surface area contributed by atoms with E-state index < -0.39 is 11.9 Å². The molecule has 0 radical (unpaired) electrons. The summed E-state index contributed by atoms with van der Waals surface area (Å²) in [7, 11) is 0. The normalized spacial score (nSPS) is 9.73. The number of aliphatic hydroxyl groups is 1. The van der Waals surface area contributed by atoms with Gasteiger partial charge in [-0.2, -0.15) is 0 Å². The fraction of sp³-hybridized carbons (Fsp3) is 0.750. The molecule has 0 unspecified atom stereocenters. The van der Waals surface area contributed by atoms with Crippen molar-refractivity contribution in [2.45, 2.75) is 71.1 Å². The van der Waals surface area contributed by atoms with Crippen molar-refractivity contribution < 1.29 is 24.9 Å². The number of rotatable bonds is 12. The second-order valence-electron chi connectivity index (χ2n) is 4.92. The fourth-order valence-electron chi connectivity index (χ4n) is 1.74. The van der Waals surface area contributed by atoms with Crippen molar-refractivity contribution in [1.29, 1.82) is 0 Å². The molecule has 126 valence electrons. The van der Waals surface area contributed by atoms with Crippen LogP contribution in [0, 0.1) is 0 Å². The zero-order valence-electron chi connectivity index (χ0n) is 13.1. The molecule has 22 heavy (non-hydrogen) atoms. The van der Waals surface area contributed by atoms with Crippen molar-refractivity contribution in [2.24, 2.45) is 0 Å². The maximum absolute atomic E-state index is 9.55. The Hall–Kier alpha value is -0.360. The zero-order valence-corrected chi connectivity index (χ0v) is 13.1. The predicted octanol–water partition coefficient (Wildman–Crippen LogP) is 2.96. The Morgan fingerprint density at radius 3 is 1.32 bits per heavy atom. The molecule has 0 bridgehead atoms. The van der Waals surface area contributed by atoms with Gasteiger partial charge in [-0.3, -0.25) is 0 Å². The van der Waals surface area contributed by atoms with Gasteiger partial charge in [-0.15, -0.1) is 0 Å². The van der Waals surface area contributed by atoms with Gasteiger partial charge in [0.1, 0.15) is 0 Å². The van der Waals surface area contributed by atoms with E-state index in [-0.39, 0.29) is 29.6 Å². The van der Waals surface area contributed by atoms with Gasteiger partial charge in [0.15, 0.2) is 0 Å². The summed E-state index contributed by atoms with van der Waals surface area (Å²) in [6, 6.07) is 0. The zero-order chi connectivity index (χ0) is 16.3.